The van der Waals surface area contributed by atoms with Gasteiger partial charge in [-0.3, -0.25) is 0 Å². The fourth-order valence-electron chi connectivity index (χ4n) is 1.26. The van der Waals surface area contributed by atoms with Gasteiger partial charge in [0.2, 0.25) is 0 Å². The molecule has 0 heterocycles. The normalized spacial score (nSPS) is 10.1. The quantitative estimate of drug-likeness (QED) is 0.653. The molecule has 0 aliphatic carbocycles. The Morgan fingerprint density at radius 3 is 2.64 bits per heavy atom. The van der Waals surface area contributed by atoms with E-state index in [1.54, 1.807) is 0 Å². The van der Waals surface area contributed by atoms with Gasteiger partial charge in [0.25, 0.3) is 0 Å². The number of hydrogen-bond acceptors (Lipinski definition) is 0. The summed E-state index contributed by atoms with van der Waals surface area (Å²) in [6, 6.07) is 6.59. The Morgan fingerprint density at radius 2 is 2.00 bits per heavy atom. The van der Waals surface area contributed by atoms with Gasteiger partial charge in [0.1, 0.15) is 0 Å². The van der Waals surface area contributed by atoms with Crippen LogP contribution in [0, 0.1) is 13.8 Å². The molecular weight excluding hydrogens is 134 g/mol. The molecule has 1 rings (SSSR count). The zero-order chi connectivity index (χ0) is 8.27. The van der Waals surface area contributed by atoms with Crippen LogP contribution in [0.3, 0.4) is 0 Å². The molecule has 0 amide bonds. The molecule has 60 valence electrons. The van der Waals surface area contributed by atoms with Crippen molar-refractivity contribution in [1.29, 1.82) is 0 Å². The van der Waals surface area contributed by atoms with Crippen LogP contribution in [-0.4, -0.2) is 6.54 Å². The van der Waals surface area contributed by atoms with Gasteiger partial charge in [0.15, 0.2) is 0 Å². The summed E-state index contributed by atoms with van der Waals surface area (Å²) in [7, 11) is 0. The van der Waals surface area contributed by atoms with Gasteiger partial charge >= 0.3 is 0 Å². The monoisotopic (exact) mass is 150 g/mol. The van der Waals surface area contributed by atoms with Crippen molar-refractivity contribution in [3.05, 3.63) is 34.9 Å². The molecule has 11 heavy (non-hydrogen) atoms. The molecule has 1 heteroatoms. The highest BCUT2D eigenvalue weighted by Crippen LogP contribution is 2.10. The molecule has 0 bridgehead atoms. The van der Waals surface area contributed by atoms with E-state index in [1.165, 1.54) is 16.7 Å². The van der Waals surface area contributed by atoms with Crippen molar-refractivity contribution in [1.82, 2.24) is 0 Å². The van der Waals surface area contributed by atoms with Crippen molar-refractivity contribution < 1.29 is 5.73 Å². The minimum atomic E-state index is 0.990. The highest BCUT2D eigenvalue weighted by molar-refractivity contribution is 5.30. The van der Waals surface area contributed by atoms with Gasteiger partial charge < -0.3 is 5.73 Å². The molecule has 1 aromatic carbocycles. The van der Waals surface area contributed by atoms with Gasteiger partial charge in [0.05, 0.1) is 6.54 Å². The summed E-state index contributed by atoms with van der Waals surface area (Å²) in [6.07, 6.45) is 1.10. The number of rotatable bonds is 2. The van der Waals surface area contributed by atoms with Gasteiger partial charge in [0, 0.05) is 6.42 Å². The molecule has 0 aromatic heterocycles. The van der Waals surface area contributed by atoms with E-state index in [4.69, 9.17) is 0 Å². The summed E-state index contributed by atoms with van der Waals surface area (Å²) in [5.74, 6) is 0. The Hall–Kier alpha value is -0.820. The molecule has 0 aliphatic rings. The van der Waals surface area contributed by atoms with Crippen LogP contribution in [0.1, 0.15) is 16.7 Å². The lowest BCUT2D eigenvalue weighted by atomic mass is 10.0. The third-order valence-corrected chi connectivity index (χ3v) is 1.95. The molecule has 0 unspecified atom stereocenters. The molecule has 1 aromatic rings. The Balaban J connectivity index is 2.93. The molecule has 0 fully saturated rings. The molecule has 0 saturated heterocycles. The van der Waals surface area contributed by atoms with Crippen molar-refractivity contribution in [3.63, 3.8) is 0 Å². The molecule has 0 saturated carbocycles. The SMILES string of the molecule is Cc1ccc(C)c(CC[NH3+])c1. The van der Waals surface area contributed by atoms with Crippen LogP contribution in [0.15, 0.2) is 18.2 Å². The maximum absolute atomic E-state index is 3.85. The Morgan fingerprint density at radius 1 is 1.27 bits per heavy atom. The van der Waals surface area contributed by atoms with Crippen molar-refractivity contribution in [2.45, 2.75) is 20.3 Å². The summed E-state index contributed by atoms with van der Waals surface area (Å²) in [6.45, 7) is 5.28. The van der Waals surface area contributed by atoms with Crippen molar-refractivity contribution in [3.8, 4) is 0 Å². The van der Waals surface area contributed by atoms with E-state index in [-0.39, 0.29) is 0 Å². The summed E-state index contributed by atoms with van der Waals surface area (Å²) in [4.78, 5) is 0. The second kappa shape index (κ2) is 3.54. The Bertz CT molecular complexity index is 241. The fourth-order valence-corrected chi connectivity index (χ4v) is 1.26. The lowest BCUT2D eigenvalue weighted by Crippen LogP contribution is -2.51. The summed E-state index contributed by atoms with van der Waals surface area (Å²) < 4.78 is 0. The lowest BCUT2D eigenvalue weighted by molar-refractivity contribution is -0.366. The topological polar surface area (TPSA) is 27.6 Å². The van der Waals surface area contributed by atoms with Gasteiger partial charge in [-0.2, -0.15) is 0 Å². The van der Waals surface area contributed by atoms with E-state index in [0.717, 1.165) is 13.0 Å². The molecular formula is C10H16N+. The van der Waals surface area contributed by atoms with Crippen LogP contribution in [0.5, 0.6) is 0 Å². The van der Waals surface area contributed by atoms with Crippen LogP contribution in [0.25, 0.3) is 0 Å². The number of quaternary nitrogens is 1. The van der Waals surface area contributed by atoms with Gasteiger partial charge in [-0.1, -0.05) is 23.8 Å². The Labute approximate surface area is 68.2 Å². The lowest BCUT2D eigenvalue weighted by Gasteiger charge is -2.03. The molecule has 1 nitrogen and oxygen atoms in total. The van der Waals surface area contributed by atoms with E-state index in [0.29, 0.717) is 0 Å². The third-order valence-electron chi connectivity index (χ3n) is 1.95. The predicted molar refractivity (Wildman–Crippen MR) is 47.4 cm³/mol. The van der Waals surface area contributed by atoms with E-state index < -0.39 is 0 Å². The molecule has 0 aliphatic heterocycles. The number of benzene rings is 1. The summed E-state index contributed by atoms with van der Waals surface area (Å²) in [5, 5.41) is 0. The largest absolute Gasteiger partial charge is 0.357 e. The van der Waals surface area contributed by atoms with Crippen molar-refractivity contribution in [2.24, 2.45) is 0 Å². The molecule has 0 radical (unpaired) electrons. The Kier molecular flexibility index (Phi) is 2.66. The maximum atomic E-state index is 3.85. The zero-order valence-corrected chi connectivity index (χ0v) is 7.35. The third kappa shape index (κ3) is 2.05. The minimum absolute atomic E-state index is 0.990. The van der Waals surface area contributed by atoms with Crippen molar-refractivity contribution >= 4 is 0 Å². The average molecular weight is 150 g/mol. The van der Waals surface area contributed by atoms with E-state index >= 15 is 0 Å². The number of aryl methyl sites for hydroxylation is 2. The van der Waals surface area contributed by atoms with E-state index in [9.17, 15) is 0 Å². The van der Waals surface area contributed by atoms with Crippen LogP contribution < -0.4 is 5.73 Å². The molecule has 0 spiro atoms. The van der Waals surface area contributed by atoms with Gasteiger partial charge in [-0.25, -0.2) is 0 Å². The van der Waals surface area contributed by atoms with Crippen LogP contribution in [-0.2, 0) is 6.42 Å². The summed E-state index contributed by atoms with van der Waals surface area (Å²) >= 11 is 0. The minimum Gasteiger partial charge on any atom is -0.357 e. The summed E-state index contributed by atoms with van der Waals surface area (Å²) in [5.41, 5.74) is 8.03. The average Bonchev–Trinajstić information content (AvgIpc) is 1.98. The zero-order valence-electron chi connectivity index (χ0n) is 7.35. The first kappa shape index (κ1) is 8.28. The first-order valence-corrected chi connectivity index (χ1v) is 4.09. The first-order valence-electron chi connectivity index (χ1n) is 4.09. The number of hydrogen-bond donors (Lipinski definition) is 1. The predicted octanol–water partition coefficient (Wildman–Crippen LogP) is 1.09. The van der Waals surface area contributed by atoms with Crippen LogP contribution in [0.4, 0.5) is 0 Å². The maximum Gasteiger partial charge on any atom is 0.0780 e. The van der Waals surface area contributed by atoms with Crippen LogP contribution in [0.2, 0.25) is 0 Å². The second-order valence-corrected chi connectivity index (χ2v) is 3.03. The molecule has 3 N–H and O–H groups in total. The van der Waals surface area contributed by atoms with E-state index in [1.807, 2.05) is 0 Å². The highest BCUT2D eigenvalue weighted by atomic mass is 14.5. The smallest absolute Gasteiger partial charge is 0.0780 e. The van der Waals surface area contributed by atoms with E-state index in [2.05, 4.69) is 37.8 Å². The second-order valence-electron chi connectivity index (χ2n) is 3.03. The first-order chi connectivity index (χ1) is 5.24. The van der Waals surface area contributed by atoms with Gasteiger partial charge in [-0.15, -0.1) is 0 Å². The van der Waals surface area contributed by atoms with Crippen molar-refractivity contribution in [2.75, 3.05) is 6.54 Å². The molecule has 0 atom stereocenters. The standard InChI is InChI=1S/C10H15N/c1-8-3-4-9(2)10(7-8)5-6-11/h3-4,7H,5-6,11H2,1-2H3/p+1. The fraction of sp³-hybridized carbons (Fsp3) is 0.400. The highest BCUT2D eigenvalue weighted by Gasteiger charge is 1.97. The van der Waals surface area contributed by atoms with Crippen LogP contribution >= 0.6 is 0 Å². The van der Waals surface area contributed by atoms with Gasteiger partial charge in [-0.05, 0) is 25.0 Å².